The molecule has 3 heterocycles. The lowest BCUT2D eigenvalue weighted by Gasteiger charge is -2.48. The van der Waals surface area contributed by atoms with Crippen LogP contribution in [0.1, 0.15) is 42.7 Å². The van der Waals surface area contributed by atoms with Crippen LogP contribution in [0.15, 0.2) is 4.52 Å². The Balaban J connectivity index is 1.67. The summed E-state index contributed by atoms with van der Waals surface area (Å²) in [4.78, 5) is 16.7. The first kappa shape index (κ1) is 17.4. The van der Waals surface area contributed by atoms with Gasteiger partial charge in [0.2, 0.25) is 5.91 Å². The second-order valence-electron chi connectivity index (χ2n) is 7.43. The minimum Gasteiger partial charge on any atom is -0.383 e. The van der Waals surface area contributed by atoms with Crippen molar-refractivity contribution in [1.82, 2.24) is 15.0 Å². The Kier molecular flexibility index (Phi) is 5.25. The fourth-order valence-electron chi connectivity index (χ4n) is 4.24. The number of carbonyl (C=O) groups is 1. The fourth-order valence-corrected chi connectivity index (χ4v) is 4.24. The minimum atomic E-state index is 0.235. The molecule has 0 unspecified atom stereocenters. The van der Waals surface area contributed by atoms with Crippen molar-refractivity contribution < 1.29 is 14.1 Å². The van der Waals surface area contributed by atoms with Gasteiger partial charge in [-0.3, -0.25) is 9.69 Å². The molecule has 1 aromatic heterocycles. The van der Waals surface area contributed by atoms with Gasteiger partial charge in [0.25, 0.3) is 0 Å². The summed E-state index contributed by atoms with van der Waals surface area (Å²) in [6.07, 6.45) is 4.08. The Morgan fingerprint density at radius 1 is 1.29 bits per heavy atom. The number of hydrogen-bond acceptors (Lipinski definition) is 5. The van der Waals surface area contributed by atoms with E-state index in [2.05, 4.69) is 10.1 Å². The maximum atomic E-state index is 12.2. The zero-order valence-electron chi connectivity index (χ0n) is 15.1. The van der Waals surface area contributed by atoms with E-state index in [0.717, 1.165) is 44.1 Å². The summed E-state index contributed by atoms with van der Waals surface area (Å²) in [5, 5.41) is 4.07. The monoisotopic (exact) mass is 335 g/mol. The van der Waals surface area contributed by atoms with Gasteiger partial charge in [-0.1, -0.05) is 5.16 Å². The Hall–Kier alpha value is -1.40. The van der Waals surface area contributed by atoms with Crippen molar-refractivity contribution in [1.29, 1.82) is 0 Å². The number of carbonyl (C=O) groups excluding carboxylic acids is 1. The Morgan fingerprint density at radius 3 is 2.83 bits per heavy atom. The molecule has 0 bridgehead atoms. The van der Waals surface area contributed by atoms with Crippen LogP contribution in [0.4, 0.5) is 0 Å². The molecule has 134 valence electrons. The van der Waals surface area contributed by atoms with Gasteiger partial charge in [-0.15, -0.1) is 0 Å². The molecule has 0 aromatic carbocycles. The zero-order chi connectivity index (χ0) is 17.2. The third-order valence-corrected chi connectivity index (χ3v) is 5.62. The highest BCUT2D eigenvalue weighted by atomic mass is 16.5. The van der Waals surface area contributed by atoms with Crippen molar-refractivity contribution in [3.63, 3.8) is 0 Å². The van der Waals surface area contributed by atoms with Gasteiger partial charge < -0.3 is 14.2 Å². The van der Waals surface area contributed by atoms with Gasteiger partial charge in [0.1, 0.15) is 5.76 Å². The third-order valence-electron chi connectivity index (χ3n) is 5.62. The van der Waals surface area contributed by atoms with Gasteiger partial charge in [-0.25, -0.2) is 0 Å². The fraction of sp³-hybridized carbons (Fsp3) is 0.778. The average molecular weight is 335 g/mol. The van der Waals surface area contributed by atoms with Crippen molar-refractivity contribution in [2.75, 3.05) is 39.9 Å². The molecule has 6 heteroatoms. The highest BCUT2D eigenvalue weighted by molar-refractivity contribution is 5.77. The molecule has 24 heavy (non-hydrogen) atoms. The number of piperidine rings is 2. The quantitative estimate of drug-likeness (QED) is 0.825. The lowest BCUT2D eigenvalue weighted by Crippen LogP contribution is -2.54. The average Bonchev–Trinajstić information content (AvgIpc) is 2.88. The maximum Gasteiger partial charge on any atom is 0.222 e. The van der Waals surface area contributed by atoms with Crippen LogP contribution in [-0.2, 0) is 16.1 Å². The lowest BCUT2D eigenvalue weighted by molar-refractivity contribution is -0.140. The molecule has 0 radical (unpaired) electrons. The second kappa shape index (κ2) is 7.23. The molecule has 1 spiro atoms. The van der Waals surface area contributed by atoms with E-state index in [9.17, 15) is 4.79 Å². The van der Waals surface area contributed by atoms with E-state index in [1.165, 1.54) is 18.4 Å². The van der Waals surface area contributed by atoms with Crippen molar-refractivity contribution >= 4 is 5.91 Å². The molecule has 1 aromatic rings. The van der Waals surface area contributed by atoms with Crippen LogP contribution in [0.3, 0.4) is 0 Å². The number of methoxy groups -OCH3 is 1. The highest BCUT2D eigenvalue weighted by Gasteiger charge is 2.41. The summed E-state index contributed by atoms with van der Waals surface area (Å²) in [5.41, 5.74) is 2.45. The highest BCUT2D eigenvalue weighted by Crippen LogP contribution is 2.39. The largest absolute Gasteiger partial charge is 0.383 e. The van der Waals surface area contributed by atoms with Gasteiger partial charge in [0.05, 0.1) is 12.3 Å². The molecule has 1 amide bonds. The first-order valence-corrected chi connectivity index (χ1v) is 8.94. The van der Waals surface area contributed by atoms with Crippen LogP contribution in [0, 0.1) is 19.3 Å². The van der Waals surface area contributed by atoms with Crippen LogP contribution in [0.25, 0.3) is 0 Å². The van der Waals surface area contributed by atoms with Crippen LogP contribution in [0.5, 0.6) is 0 Å². The Morgan fingerprint density at radius 2 is 2.12 bits per heavy atom. The molecule has 0 N–H and O–H groups in total. The van der Waals surface area contributed by atoms with Gasteiger partial charge in [-0.2, -0.15) is 0 Å². The van der Waals surface area contributed by atoms with Crippen molar-refractivity contribution in [2.45, 2.75) is 46.1 Å². The standard InChI is InChI=1S/C18H29N3O3/c1-14-16(15(2)24-19-14)11-20-8-4-6-18(12-20)7-5-17(22)21(13-18)9-10-23-3/h4-13H2,1-3H3/t18-/m1/s1. The van der Waals surface area contributed by atoms with Gasteiger partial charge in [0.15, 0.2) is 0 Å². The van der Waals surface area contributed by atoms with E-state index >= 15 is 0 Å². The normalized spacial score (nSPS) is 25.6. The zero-order valence-corrected chi connectivity index (χ0v) is 15.1. The molecule has 0 aliphatic carbocycles. The predicted octanol–water partition coefficient (Wildman–Crippen LogP) is 2.14. The first-order valence-electron chi connectivity index (χ1n) is 8.94. The van der Waals surface area contributed by atoms with Crippen LogP contribution in [0.2, 0.25) is 0 Å². The molecular weight excluding hydrogens is 306 g/mol. The number of ether oxygens (including phenoxy) is 1. The van der Waals surface area contributed by atoms with Crippen LogP contribution < -0.4 is 0 Å². The van der Waals surface area contributed by atoms with Crippen LogP contribution in [-0.4, -0.2) is 60.8 Å². The van der Waals surface area contributed by atoms with Gasteiger partial charge in [-0.05, 0) is 39.7 Å². The Labute approximate surface area is 144 Å². The topological polar surface area (TPSA) is 58.8 Å². The molecule has 1 atom stereocenters. The van der Waals surface area contributed by atoms with Crippen molar-refractivity contribution in [2.24, 2.45) is 5.41 Å². The minimum absolute atomic E-state index is 0.235. The van der Waals surface area contributed by atoms with E-state index in [-0.39, 0.29) is 11.3 Å². The molecule has 6 nitrogen and oxygen atoms in total. The number of hydrogen-bond donors (Lipinski definition) is 0. The summed E-state index contributed by atoms with van der Waals surface area (Å²) in [6.45, 7) is 9.25. The number of nitrogens with zero attached hydrogens (tertiary/aromatic N) is 3. The van der Waals surface area contributed by atoms with Crippen molar-refractivity contribution in [3.8, 4) is 0 Å². The molecular formula is C18H29N3O3. The molecule has 2 aliphatic heterocycles. The summed E-state index contributed by atoms with van der Waals surface area (Å²) in [5.74, 6) is 1.20. The van der Waals surface area contributed by atoms with E-state index in [1.54, 1.807) is 7.11 Å². The van der Waals surface area contributed by atoms with E-state index in [1.807, 2.05) is 18.7 Å². The second-order valence-corrected chi connectivity index (χ2v) is 7.43. The van der Waals surface area contributed by atoms with Crippen LogP contribution >= 0.6 is 0 Å². The van der Waals surface area contributed by atoms with Gasteiger partial charge >= 0.3 is 0 Å². The molecule has 2 fully saturated rings. The lowest BCUT2D eigenvalue weighted by atomic mass is 9.73. The number of amides is 1. The smallest absolute Gasteiger partial charge is 0.222 e. The Bertz CT molecular complexity index is 567. The van der Waals surface area contributed by atoms with E-state index in [4.69, 9.17) is 9.26 Å². The molecule has 3 rings (SSSR count). The molecule has 0 saturated carbocycles. The number of rotatable bonds is 5. The maximum absolute atomic E-state index is 12.2. The van der Waals surface area contributed by atoms with E-state index in [0.29, 0.717) is 19.6 Å². The number of aromatic nitrogens is 1. The molecule has 2 saturated heterocycles. The number of likely N-dealkylation sites (tertiary alicyclic amines) is 2. The van der Waals surface area contributed by atoms with Gasteiger partial charge in [0, 0.05) is 50.7 Å². The van der Waals surface area contributed by atoms with E-state index < -0.39 is 0 Å². The third kappa shape index (κ3) is 3.64. The predicted molar refractivity (Wildman–Crippen MR) is 90.6 cm³/mol. The first-order chi connectivity index (χ1) is 11.5. The summed E-state index contributed by atoms with van der Waals surface area (Å²) in [6, 6.07) is 0. The number of aryl methyl sites for hydroxylation is 2. The summed E-state index contributed by atoms with van der Waals surface area (Å²) in [7, 11) is 1.69. The summed E-state index contributed by atoms with van der Waals surface area (Å²) >= 11 is 0. The summed E-state index contributed by atoms with van der Waals surface area (Å²) < 4.78 is 10.5. The SMILES string of the molecule is COCCN1C[C@]2(CCCN(Cc3c(C)noc3C)C2)CCC1=O. The van der Waals surface area contributed by atoms with Crippen molar-refractivity contribution in [3.05, 3.63) is 17.0 Å². The molecule has 2 aliphatic rings.